The number of aromatic nitrogens is 2. The molecule has 1 N–H and O–H groups in total. The normalized spacial score (nSPS) is 15.4. The number of aliphatic carboxylic acids is 1. The van der Waals surface area contributed by atoms with Crippen molar-refractivity contribution in [2.75, 3.05) is 6.54 Å². The number of hydrogen-bond donors (Lipinski definition) is 1. The molecular formula is C20H15N3O4S2. The number of amides is 1. The molecule has 7 nitrogen and oxygen atoms in total. The van der Waals surface area contributed by atoms with Gasteiger partial charge in [0.2, 0.25) is 0 Å². The zero-order chi connectivity index (χ0) is 20.4. The van der Waals surface area contributed by atoms with Gasteiger partial charge in [-0.05, 0) is 30.3 Å². The van der Waals surface area contributed by atoms with Gasteiger partial charge in [-0.25, -0.2) is 4.68 Å². The Morgan fingerprint density at radius 3 is 2.72 bits per heavy atom. The number of carbonyl (C=O) groups is 2. The van der Waals surface area contributed by atoms with Gasteiger partial charge < -0.3 is 9.52 Å². The number of para-hydroxylation sites is 1. The van der Waals surface area contributed by atoms with Gasteiger partial charge in [0.1, 0.15) is 10.0 Å². The van der Waals surface area contributed by atoms with E-state index in [2.05, 4.69) is 5.10 Å². The number of benzene rings is 1. The Morgan fingerprint density at radius 1 is 1.24 bits per heavy atom. The molecule has 1 aromatic carbocycles. The topological polar surface area (TPSA) is 88.6 Å². The first-order valence-electron chi connectivity index (χ1n) is 8.69. The van der Waals surface area contributed by atoms with Crippen LogP contribution in [0, 0.1) is 0 Å². The number of hydrogen-bond acceptors (Lipinski definition) is 6. The Bertz CT molecular complexity index is 1100. The smallest absolute Gasteiger partial charge is 0.305 e. The van der Waals surface area contributed by atoms with Crippen LogP contribution in [0.5, 0.6) is 0 Å². The van der Waals surface area contributed by atoms with Crippen LogP contribution in [0.2, 0.25) is 0 Å². The lowest BCUT2D eigenvalue weighted by Gasteiger charge is -2.12. The maximum atomic E-state index is 12.7. The van der Waals surface area contributed by atoms with E-state index in [9.17, 15) is 9.59 Å². The Hall–Kier alpha value is -3.17. The summed E-state index contributed by atoms with van der Waals surface area (Å²) in [5.74, 6) is -0.710. The Kier molecular flexibility index (Phi) is 5.32. The van der Waals surface area contributed by atoms with E-state index in [1.165, 1.54) is 4.90 Å². The van der Waals surface area contributed by atoms with Crippen LogP contribution >= 0.6 is 24.0 Å². The molecule has 2 aromatic heterocycles. The van der Waals surface area contributed by atoms with Crippen LogP contribution in [0.1, 0.15) is 12.0 Å². The van der Waals surface area contributed by atoms with Gasteiger partial charge in [0.25, 0.3) is 5.91 Å². The minimum atomic E-state index is -0.979. The number of carbonyl (C=O) groups excluding carboxylic acids is 1. The largest absolute Gasteiger partial charge is 0.481 e. The third-order valence-corrected chi connectivity index (χ3v) is 5.61. The second-order valence-corrected chi connectivity index (χ2v) is 7.84. The van der Waals surface area contributed by atoms with Crippen molar-refractivity contribution in [1.29, 1.82) is 0 Å². The van der Waals surface area contributed by atoms with Crippen molar-refractivity contribution in [1.82, 2.24) is 14.7 Å². The highest BCUT2D eigenvalue weighted by molar-refractivity contribution is 8.26. The second-order valence-electron chi connectivity index (χ2n) is 6.17. The molecule has 0 saturated carbocycles. The van der Waals surface area contributed by atoms with Crippen LogP contribution in [0.3, 0.4) is 0 Å². The molecule has 0 radical (unpaired) electrons. The van der Waals surface area contributed by atoms with E-state index in [1.54, 1.807) is 29.2 Å². The van der Waals surface area contributed by atoms with Gasteiger partial charge in [-0.15, -0.1) is 0 Å². The third-order valence-electron chi connectivity index (χ3n) is 4.23. The summed E-state index contributed by atoms with van der Waals surface area (Å²) in [5, 5.41) is 13.5. The summed E-state index contributed by atoms with van der Waals surface area (Å²) in [4.78, 5) is 25.3. The van der Waals surface area contributed by atoms with Crippen LogP contribution in [0.25, 0.3) is 23.2 Å². The van der Waals surface area contributed by atoms with Crippen LogP contribution in [-0.4, -0.2) is 42.5 Å². The van der Waals surface area contributed by atoms with E-state index in [0.717, 1.165) is 17.4 Å². The number of rotatable bonds is 6. The van der Waals surface area contributed by atoms with E-state index in [0.29, 0.717) is 26.2 Å². The average Bonchev–Trinajstić information content (AvgIpc) is 3.42. The molecule has 0 bridgehead atoms. The summed E-state index contributed by atoms with van der Waals surface area (Å²) in [5.41, 5.74) is 2.16. The van der Waals surface area contributed by atoms with Crippen molar-refractivity contribution in [3.63, 3.8) is 0 Å². The zero-order valence-electron chi connectivity index (χ0n) is 15.0. The van der Waals surface area contributed by atoms with Crippen LogP contribution in [0.15, 0.2) is 64.2 Å². The molecule has 3 heterocycles. The number of thiocarbonyl (C=S) groups is 1. The summed E-state index contributed by atoms with van der Waals surface area (Å²) in [6.07, 6.45) is 4.93. The fourth-order valence-corrected chi connectivity index (χ4v) is 4.15. The first kappa shape index (κ1) is 19.2. The Labute approximate surface area is 175 Å². The number of carboxylic acid groups (broad SMARTS) is 1. The van der Waals surface area contributed by atoms with Crippen molar-refractivity contribution in [2.45, 2.75) is 6.42 Å². The fourth-order valence-electron chi connectivity index (χ4n) is 2.85. The van der Waals surface area contributed by atoms with E-state index in [1.807, 2.05) is 36.5 Å². The Balaban J connectivity index is 1.71. The Morgan fingerprint density at radius 2 is 2.03 bits per heavy atom. The molecule has 146 valence electrons. The van der Waals surface area contributed by atoms with E-state index < -0.39 is 5.97 Å². The molecule has 0 spiro atoms. The molecule has 0 atom stereocenters. The monoisotopic (exact) mass is 425 g/mol. The number of thioether (sulfide) groups is 1. The maximum Gasteiger partial charge on any atom is 0.305 e. The number of carboxylic acids is 1. The molecule has 29 heavy (non-hydrogen) atoms. The van der Waals surface area contributed by atoms with Crippen LogP contribution in [-0.2, 0) is 9.59 Å². The SMILES string of the molecule is O=C(O)CCN1C(=O)/C(=C/c2cn(-c3ccccc3)nc2-c2ccco2)SC1=S. The summed E-state index contributed by atoms with van der Waals surface area (Å²) in [6.45, 7) is 0.0473. The average molecular weight is 425 g/mol. The predicted molar refractivity (Wildman–Crippen MR) is 113 cm³/mol. The molecule has 1 fully saturated rings. The summed E-state index contributed by atoms with van der Waals surface area (Å²) in [6, 6.07) is 13.2. The second kappa shape index (κ2) is 8.06. The molecule has 1 saturated heterocycles. The number of nitrogens with zero attached hydrogens (tertiary/aromatic N) is 3. The fraction of sp³-hybridized carbons (Fsp3) is 0.100. The quantitative estimate of drug-likeness (QED) is 0.475. The molecular weight excluding hydrogens is 410 g/mol. The van der Waals surface area contributed by atoms with Crippen molar-refractivity contribution in [3.8, 4) is 17.1 Å². The summed E-state index contributed by atoms with van der Waals surface area (Å²) < 4.78 is 7.57. The van der Waals surface area contributed by atoms with Gasteiger partial charge >= 0.3 is 5.97 Å². The molecule has 9 heteroatoms. The van der Waals surface area contributed by atoms with Gasteiger partial charge in [0.05, 0.1) is 23.3 Å². The van der Waals surface area contributed by atoms with Crippen LogP contribution < -0.4 is 0 Å². The highest BCUT2D eigenvalue weighted by Gasteiger charge is 2.32. The van der Waals surface area contributed by atoms with E-state index in [-0.39, 0.29) is 18.9 Å². The molecule has 0 unspecified atom stereocenters. The van der Waals surface area contributed by atoms with Crippen molar-refractivity contribution in [3.05, 3.63) is 65.4 Å². The van der Waals surface area contributed by atoms with Gasteiger partial charge in [0.15, 0.2) is 5.76 Å². The lowest BCUT2D eigenvalue weighted by Crippen LogP contribution is -2.30. The van der Waals surface area contributed by atoms with Crippen molar-refractivity contribution < 1.29 is 19.1 Å². The third kappa shape index (κ3) is 4.01. The number of furan rings is 1. The molecule has 0 aliphatic carbocycles. The lowest BCUT2D eigenvalue weighted by atomic mass is 10.2. The summed E-state index contributed by atoms with van der Waals surface area (Å²) >= 11 is 6.40. The molecule has 1 amide bonds. The molecule has 1 aliphatic rings. The van der Waals surface area contributed by atoms with Crippen molar-refractivity contribution in [2.24, 2.45) is 0 Å². The standard InChI is InChI=1S/C20H15N3O4S2/c24-17(25)8-9-22-19(26)16(29-20(22)28)11-13-12-23(14-5-2-1-3-6-14)21-18(13)15-7-4-10-27-15/h1-7,10-12H,8-9H2,(H,24,25)/b16-11-. The first-order chi connectivity index (χ1) is 14.0. The predicted octanol–water partition coefficient (Wildman–Crippen LogP) is 3.81. The molecule has 3 aromatic rings. The van der Waals surface area contributed by atoms with E-state index >= 15 is 0 Å². The van der Waals surface area contributed by atoms with Gasteiger partial charge in [-0.1, -0.05) is 42.2 Å². The highest BCUT2D eigenvalue weighted by Crippen LogP contribution is 2.35. The van der Waals surface area contributed by atoms with Crippen molar-refractivity contribution >= 4 is 46.3 Å². The minimum Gasteiger partial charge on any atom is -0.481 e. The highest BCUT2D eigenvalue weighted by atomic mass is 32.2. The summed E-state index contributed by atoms with van der Waals surface area (Å²) in [7, 11) is 0. The minimum absolute atomic E-state index is 0.0473. The van der Waals surface area contributed by atoms with Gasteiger partial charge in [-0.3, -0.25) is 14.5 Å². The lowest BCUT2D eigenvalue weighted by molar-refractivity contribution is -0.137. The zero-order valence-corrected chi connectivity index (χ0v) is 16.7. The molecule has 4 rings (SSSR count). The first-order valence-corrected chi connectivity index (χ1v) is 9.91. The van der Waals surface area contributed by atoms with Crippen LogP contribution in [0.4, 0.5) is 0 Å². The molecule has 1 aliphatic heterocycles. The van der Waals surface area contributed by atoms with E-state index in [4.69, 9.17) is 21.7 Å². The van der Waals surface area contributed by atoms with Gasteiger partial charge in [-0.2, -0.15) is 5.10 Å². The maximum absolute atomic E-state index is 12.7. The van der Waals surface area contributed by atoms with Gasteiger partial charge in [0, 0.05) is 18.3 Å².